The minimum Gasteiger partial charge on any atom is -0.399 e. The zero-order valence-electron chi connectivity index (χ0n) is 12.7. The summed E-state index contributed by atoms with van der Waals surface area (Å²) in [5.74, 6) is 0.144. The number of carbonyl (C=O) groups excluding carboxylic acids is 1. The monoisotopic (exact) mass is 282 g/mol. The minimum atomic E-state index is 0.144. The van der Waals surface area contributed by atoms with Gasteiger partial charge in [-0.2, -0.15) is 0 Å². The van der Waals surface area contributed by atoms with Crippen molar-refractivity contribution in [3.63, 3.8) is 0 Å². The smallest absolute Gasteiger partial charge is 0.227 e. The minimum absolute atomic E-state index is 0.144. The number of rotatable bonds is 5. The number of hydrogen-bond donors (Lipinski definition) is 1. The van der Waals surface area contributed by atoms with E-state index in [-0.39, 0.29) is 5.91 Å². The SMILES string of the molecule is CCN(C(=O)CCc1cccc(N)c1)c1cccc(C)c1. The number of nitrogen functional groups attached to an aromatic ring is 1. The number of nitrogens with zero attached hydrogens (tertiary/aromatic N) is 1. The van der Waals surface area contributed by atoms with Crippen molar-refractivity contribution in [2.24, 2.45) is 0 Å². The van der Waals surface area contributed by atoms with Gasteiger partial charge in [-0.3, -0.25) is 4.79 Å². The molecule has 0 heterocycles. The van der Waals surface area contributed by atoms with Gasteiger partial charge in [-0.25, -0.2) is 0 Å². The Labute approximate surface area is 126 Å². The van der Waals surface area contributed by atoms with Crippen LogP contribution in [-0.4, -0.2) is 12.5 Å². The summed E-state index contributed by atoms with van der Waals surface area (Å²) in [6, 6.07) is 15.8. The lowest BCUT2D eigenvalue weighted by Crippen LogP contribution is -2.30. The summed E-state index contributed by atoms with van der Waals surface area (Å²) in [7, 11) is 0. The highest BCUT2D eigenvalue weighted by Crippen LogP contribution is 2.18. The van der Waals surface area contributed by atoms with Crippen LogP contribution in [0.4, 0.5) is 11.4 Å². The normalized spacial score (nSPS) is 10.4. The molecule has 0 saturated heterocycles. The molecule has 2 aromatic rings. The molecule has 2 rings (SSSR count). The van der Waals surface area contributed by atoms with Crippen LogP contribution in [0, 0.1) is 6.92 Å². The maximum absolute atomic E-state index is 12.4. The summed E-state index contributed by atoms with van der Waals surface area (Å²) in [6.45, 7) is 4.72. The highest BCUT2D eigenvalue weighted by Gasteiger charge is 2.13. The van der Waals surface area contributed by atoms with E-state index in [2.05, 4.69) is 0 Å². The van der Waals surface area contributed by atoms with Gasteiger partial charge in [0.05, 0.1) is 0 Å². The Morgan fingerprint density at radius 3 is 2.57 bits per heavy atom. The molecule has 3 nitrogen and oxygen atoms in total. The third-order valence-electron chi connectivity index (χ3n) is 3.51. The van der Waals surface area contributed by atoms with Gasteiger partial charge in [-0.1, -0.05) is 24.3 Å². The third-order valence-corrected chi connectivity index (χ3v) is 3.51. The summed E-state index contributed by atoms with van der Waals surface area (Å²) >= 11 is 0. The fraction of sp³-hybridized carbons (Fsp3) is 0.278. The molecule has 0 radical (unpaired) electrons. The van der Waals surface area contributed by atoms with Crippen LogP contribution in [0.1, 0.15) is 24.5 Å². The summed E-state index contributed by atoms with van der Waals surface area (Å²) in [4.78, 5) is 14.3. The van der Waals surface area contributed by atoms with Crippen LogP contribution in [0.5, 0.6) is 0 Å². The maximum atomic E-state index is 12.4. The molecule has 0 aliphatic heterocycles. The van der Waals surface area contributed by atoms with Crippen molar-refractivity contribution in [3.8, 4) is 0 Å². The van der Waals surface area contributed by atoms with E-state index in [1.54, 1.807) is 0 Å². The van der Waals surface area contributed by atoms with Crippen molar-refractivity contribution in [3.05, 3.63) is 59.7 Å². The number of nitrogens with two attached hydrogens (primary N) is 1. The zero-order chi connectivity index (χ0) is 15.2. The van der Waals surface area contributed by atoms with Crippen LogP contribution >= 0.6 is 0 Å². The summed E-state index contributed by atoms with van der Waals surface area (Å²) in [5.41, 5.74) is 9.73. The lowest BCUT2D eigenvalue weighted by atomic mass is 10.1. The molecule has 1 amide bonds. The second kappa shape index (κ2) is 6.93. The third kappa shape index (κ3) is 4.09. The Morgan fingerprint density at radius 1 is 1.14 bits per heavy atom. The van der Waals surface area contributed by atoms with Crippen LogP contribution in [-0.2, 0) is 11.2 Å². The van der Waals surface area contributed by atoms with E-state index in [9.17, 15) is 4.79 Å². The first-order valence-electron chi connectivity index (χ1n) is 7.31. The Balaban J connectivity index is 2.04. The number of amides is 1. The molecule has 0 spiro atoms. The molecule has 21 heavy (non-hydrogen) atoms. The molecule has 0 aliphatic rings. The molecule has 2 N–H and O–H groups in total. The molecule has 0 aromatic heterocycles. The highest BCUT2D eigenvalue weighted by molar-refractivity contribution is 5.93. The Kier molecular flexibility index (Phi) is 4.99. The van der Waals surface area contributed by atoms with Crippen LogP contribution in [0.15, 0.2) is 48.5 Å². The van der Waals surface area contributed by atoms with E-state index < -0.39 is 0 Å². The zero-order valence-corrected chi connectivity index (χ0v) is 12.7. The van der Waals surface area contributed by atoms with Gasteiger partial charge in [-0.05, 0) is 55.7 Å². The van der Waals surface area contributed by atoms with Gasteiger partial charge in [0, 0.05) is 24.3 Å². The van der Waals surface area contributed by atoms with Crippen LogP contribution < -0.4 is 10.6 Å². The quantitative estimate of drug-likeness (QED) is 0.852. The van der Waals surface area contributed by atoms with E-state index in [4.69, 9.17) is 5.73 Å². The molecule has 110 valence electrons. The molecule has 0 bridgehead atoms. The van der Waals surface area contributed by atoms with E-state index in [0.29, 0.717) is 19.4 Å². The molecule has 0 aliphatic carbocycles. The predicted molar refractivity (Wildman–Crippen MR) is 88.4 cm³/mol. The Morgan fingerprint density at radius 2 is 1.90 bits per heavy atom. The second-order valence-electron chi connectivity index (χ2n) is 5.22. The Bertz CT molecular complexity index is 622. The summed E-state index contributed by atoms with van der Waals surface area (Å²) in [6.07, 6.45) is 1.21. The van der Waals surface area contributed by atoms with Gasteiger partial charge >= 0.3 is 0 Å². The average molecular weight is 282 g/mol. The van der Waals surface area contributed by atoms with Gasteiger partial charge in [0.15, 0.2) is 0 Å². The van der Waals surface area contributed by atoms with Crippen molar-refractivity contribution >= 4 is 17.3 Å². The molecule has 3 heteroatoms. The standard InChI is InChI=1S/C18H22N2O/c1-3-20(17-9-4-6-14(2)12-17)18(21)11-10-15-7-5-8-16(19)13-15/h4-9,12-13H,3,10-11,19H2,1-2H3. The van der Waals surface area contributed by atoms with Gasteiger partial charge in [0.25, 0.3) is 0 Å². The van der Waals surface area contributed by atoms with Gasteiger partial charge < -0.3 is 10.6 Å². The molecule has 2 aromatic carbocycles. The van der Waals surface area contributed by atoms with Crippen molar-refractivity contribution in [2.75, 3.05) is 17.2 Å². The molecular weight excluding hydrogens is 260 g/mol. The first kappa shape index (κ1) is 15.1. The molecule has 0 fully saturated rings. The van der Waals surface area contributed by atoms with Gasteiger partial charge in [0.1, 0.15) is 0 Å². The molecule has 0 unspecified atom stereocenters. The predicted octanol–water partition coefficient (Wildman–Crippen LogP) is 3.56. The first-order chi connectivity index (χ1) is 10.1. The molecule has 0 atom stereocenters. The van der Waals surface area contributed by atoms with E-state index >= 15 is 0 Å². The van der Waals surface area contributed by atoms with Crippen molar-refractivity contribution in [1.29, 1.82) is 0 Å². The topological polar surface area (TPSA) is 46.3 Å². The first-order valence-corrected chi connectivity index (χ1v) is 7.31. The number of carbonyl (C=O) groups is 1. The maximum Gasteiger partial charge on any atom is 0.227 e. The van der Waals surface area contributed by atoms with E-state index in [0.717, 1.165) is 22.5 Å². The lowest BCUT2D eigenvalue weighted by molar-refractivity contribution is -0.118. The average Bonchev–Trinajstić information content (AvgIpc) is 2.46. The number of benzene rings is 2. The van der Waals surface area contributed by atoms with Gasteiger partial charge in [-0.15, -0.1) is 0 Å². The van der Waals surface area contributed by atoms with Crippen molar-refractivity contribution in [2.45, 2.75) is 26.7 Å². The fourth-order valence-corrected chi connectivity index (χ4v) is 2.43. The fourth-order valence-electron chi connectivity index (χ4n) is 2.43. The van der Waals surface area contributed by atoms with Crippen LogP contribution in [0.3, 0.4) is 0 Å². The van der Waals surface area contributed by atoms with Crippen LogP contribution in [0.2, 0.25) is 0 Å². The lowest BCUT2D eigenvalue weighted by Gasteiger charge is -2.21. The number of anilines is 2. The summed E-state index contributed by atoms with van der Waals surface area (Å²) < 4.78 is 0. The van der Waals surface area contributed by atoms with E-state index in [1.807, 2.05) is 67.3 Å². The second-order valence-corrected chi connectivity index (χ2v) is 5.22. The van der Waals surface area contributed by atoms with Crippen LogP contribution in [0.25, 0.3) is 0 Å². The largest absolute Gasteiger partial charge is 0.399 e. The van der Waals surface area contributed by atoms with Gasteiger partial charge in [0.2, 0.25) is 5.91 Å². The highest BCUT2D eigenvalue weighted by atomic mass is 16.2. The van der Waals surface area contributed by atoms with Crippen molar-refractivity contribution in [1.82, 2.24) is 0 Å². The molecular formula is C18H22N2O. The Hall–Kier alpha value is -2.29. The van der Waals surface area contributed by atoms with Crippen molar-refractivity contribution < 1.29 is 4.79 Å². The van der Waals surface area contributed by atoms with E-state index in [1.165, 1.54) is 0 Å². The number of hydrogen-bond acceptors (Lipinski definition) is 2. The number of aryl methyl sites for hydroxylation is 2. The molecule has 0 saturated carbocycles. The summed E-state index contributed by atoms with van der Waals surface area (Å²) in [5, 5.41) is 0.